The van der Waals surface area contributed by atoms with Gasteiger partial charge in [0.1, 0.15) is 5.75 Å². The molecule has 1 N–H and O–H groups in total. The Morgan fingerprint density at radius 1 is 1.31 bits per heavy atom. The van der Waals surface area contributed by atoms with Crippen molar-refractivity contribution >= 4 is 17.0 Å². The van der Waals surface area contributed by atoms with Crippen molar-refractivity contribution in [3.05, 3.63) is 46.2 Å². The first kappa shape index (κ1) is 9.73. The third kappa shape index (κ3) is 1.57. The normalized spacial score (nSPS) is 18.4. The van der Waals surface area contributed by atoms with Crippen LogP contribution >= 0.6 is 11.3 Å². The Morgan fingerprint density at radius 2 is 2.19 bits per heavy atom. The van der Waals surface area contributed by atoms with Gasteiger partial charge in [-0.3, -0.25) is 0 Å². The molecule has 0 saturated carbocycles. The number of hydrogen-bond donors (Lipinski definition) is 1. The molecule has 1 aromatic carbocycles. The largest absolute Gasteiger partial charge is 0.481 e. The maximum atomic E-state index is 6.01. The molecule has 1 aliphatic heterocycles. The van der Waals surface area contributed by atoms with Gasteiger partial charge in [-0.15, -0.1) is 11.3 Å². The van der Waals surface area contributed by atoms with Crippen LogP contribution in [0.4, 0.5) is 5.69 Å². The minimum absolute atomic E-state index is 0.148. The smallest absolute Gasteiger partial charge is 0.150 e. The zero-order valence-corrected chi connectivity index (χ0v) is 9.88. The van der Waals surface area contributed by atoms with Crippen molar-refractivity contribution in [1.82, 2.24) is 0 Å². The second kappa shape index (κ2) is 3.83. The summed E-state index contributed by atoms with van der Waals surface area (Å²) in [5, 5.41) is 5.53. The van der Waals surface area contributed by atoms with Crippen molar-refractivity contribution in [1.29, 1.82) is 0 Å². The number of anilines is 1. The molecule has 1 aliphatic rings. The number of nitrogens with one attached hydrogen (secondary N) is 1. The lowest BCUT2D eigenvalue weighted by Crippen LogP contribution is -2.23. The molecule has 0 bridgehead atoms. The van der Waals surface area contributed by atoms with Crippen LogP contribution in [0.15, 0.2) is 35.7 Å². The number of thiophene rings is 1. The van der Waals surface area contributed by atoms with E-state index in [9.17, 15) is 0 Å². The van der Waals surface area contributed by atoms with Gasteiger partial charge >= 0.3 is 0 Å². The summed E-state index contributed by atoms with van der Waals surface area (Å²) < 4.78 is 6.01. The fraction of sp³-hybridized carbons (Fsp3) is 0.231. The van der Waals surface area contributed by atoms with Crippen molar-refractivity contribution < 1.29 is 4.74 Å². The quantitative estimate of drug-likeness (QED) is 0.809. The number of fused-ring (bicyclic) bond motifs is 1. The Bertz CT molecular complexity index is 506. The molecule has 2 heterocycles. The lowest BCUT2D eigenvalue weighted by atomic mass is 10.1. The maximum Gasteiger partial charge on any atom is 0.150 e. The number of para-hydroxylation sites is 2. The molecular formula is C13H13NOS. The SMILES string of the molecule is Cc1ccsc1C1CNc2ccccc2O1. The maximum absolute atomic E-state index is 6.01. The van der Waals surface area contributed by atoms with Gasteiger partial charge in [-0.25, -0.2) is 0 Å². The number of ether oxygens (including phenoxy) is 1. The van der Waals surface area contributed by atoms with Gasteiger partial charge in [-0.1, -0.05) is 12.1 Å². The van der Waals surface area contributed by atoms with Crippen molar-refractivity contribution in [2.24, 2.45) is 0 Å². The van der Waals surface area contributed by atoms with Crippen LogP contribution < -0.4 is 10.1 Å². The number of benzene rings is 1. The van der Waals surface area contributed by atoms with Crippen molar-refractivity contribution in [3.63, 3.8) is 0 Å². The van der Waals surface area contributed by atoms with E-state index in [1.54, 1.807) is 11.3 Å². The fourth-order valence-electron chi connectivity index (χ4n) is 1.97. The molecule has 0 saturated heterocycles. The highest BCUT2D eigenvalue weighted by Gasteiger charge is 2.22. The van der Waals surface area contributed by atoms with Crippen molar-refractivity contribution in [2.45, 2.75) is 13.0 Å². The van der Waals surface area contributed by atoms with Gasteiger partial charge in [-0.2, -0.15) is 0 Å². The van der Waals surface area contributed by atoms with Crippen LogP contribution in [0.3, 0.4) is 0 Å². The zero-order chi connectivity index (χ0) is 11.0. The Kier molecular flexibility index (Phi) is 2.33. The van der Waals surface area contributed by atoms with Crippen molar-refractivity contribution in [2.75, 3.05) is 11.9 Å². The van der Waals surface area contributed by atoms with Crippen LogP contribution in [0.5, 0.6) is 5.75 Å². The third-order valence-corrected chi connectivity index (χ3v) is 3.94. The first-order valence-corrected chi connectivity index (χ1v) is 6.26. The van der Waals surface area contributed by atoms with E-state index in [1.807, 2.05) is 24.3 Å². The molecule has 0 amide bonds. The van der Waals surface area contributed by atoms with Gasteiger partial charge in [0.05, 0.1) is 12.2 Å². The van der Waals surface area contributed by atoms with Crippen LogP contribution in [0.25, 0.3) is 0 Å². The molecule has 82 valence electrons. The highest BCUT2D eigenvalue weighted by molar-refractivity contribution is 7.10. The number of hydrogen-bond acceptors (Lipinski definition) is 3. The molecule has 2 nitrogen and oxygen atoms in total. The highest BCUT2D eigenvalue weighted by Crippen LogP contribution is 2.36. The average Bonchev–Trinajstić information content (AvgIpc) is 2.75. The Labute approximate surface area is 98.9 Å². The Morgan fingerprint density at radius 3 is 3.00 bits per heavy atom. The Balaban J connectivity index is 1.91. The summed E-state index contributed by atoms with van der Waals surface area (Å²) in [4.78, 5) is 1.32. The summed E-state index contributed by atoms with van der Waals surface area (Å²) in [6.07, 6.45) is 0.148. The van der Waals surface area contributed by atoms with Crippen LogP contribution in [-0.4, -0.2) is 6.54 Å². The van der Waals surface area contributed by atoms with E-state index in [1.165, 1.54) is 10.4 Å². The lowest BCUT2D eigenvalue weighted by Gasteiger charge is -2.27. The summed E-state index contributed by atoms with van der Waals surface area (Å²) in [6.45, 7) is 2.98. The van der Waals surface area contributed by atoms with Gasteiger partial charge in [0.25, 0.3) is 0 Å². The fourth-order valence-corrected chi connectivity index (χ4v) is 2.93. The van der Waals surface area contributed by atoms with E-state index < -0.39 is 0 Å². The molecule has 0 radical (unpaired) electrons. The van der Waals surface area contributed by atoms with E-state index in [2.05, 4.69) is 23.7 Å². The second-order valence-electron chi connectivity index (χ2n) is 3.95. The third-order valence-electron chi connectivity index (χ3n) is 2.83. The first-order chi connectivity index (χ1) is 7.84. The summed E-state index contributed by atoms with van der Waals surface area (Å²) in [7, 11) is 0. The van der Waals surface area contributed by atoms with Crippen molar-refractivity contribution in [3.8, 4) is 5.75 Å². The molecule has 1 atom stereocenters. The average molecular weight is 231 g/mol. The van der Waals surface area contributed by atoms with Crippen LogP contribution in [0.1, 0.15) is 16.5 Å². The molecular weight excluding hydrogens is 218 g/mol. The zero-order valence-electron chi connectivity index (χ0n) is 9.07. The number of aryl methyl sites for hydroxylation is 1. The van der Waals surface area contributed by atoms with Crippen LogP contribution in [0.2, 0.25) is 0 Å². The molecule has 0 spiro atoms. The van der Waals surface area contributed by atoms with Gasteiger partial charge in [0, 0.05) is 4.88 Å². The summed E-state index contributed by atoms with van der Waals surface area (Å²) in [5.41, 5.74) is 2.41. The molecule has 0 aliphatic carbocycles. The molecule has 0 fully saturated rings. The highest BCUT2D eigenvalue weighted by atomic mass is 32.1. The van der Waals surface area contributed by atoms with E-state index in [4.69, 9.17) is 4.74 Å². The Hall–Kier alpha value is -1.48. The van der Waals surface area contributed by atoms with Crippen LogP contribution in [-0.2, 0) is 0 Å². The molecule has 2 aromatic rings. The molecule has 1 aromatic heterocycles. The molecule has 3 heteroatoms. The predicted molar refractivity (Wildman–Crippen MR) is 67.4 cm³/mol. The molecule has 1 unspecified atom stereocenters. The van der Waals surface area contributed by atoms with E-state index in [0.29, 0.717) is 0 Å². The first-order valence-electron chi connectivity index (χ1n) is 5.38. The number of rotatable bonds is 1. The predicted octanol–water partition coefficient (Wildman–Crippen LogP) is 3.60. The van der Waals surface area contributed by atoms with Gasteiger partial charge in [0.15, 0.2) is 6.10 Å². The van der Waals surface area contributed by atoms with E-state index >= 15 is 0 Å². The van der Waals surface area contributed by atoms with Crippen LogP contribution in [0, 0.1) is 6.92 Å². The minimum Gasteiger partial charge on any atom is -0.481 e. The standard InChI is InChI=1S/C13H13NOS/c1-9-6-7-16-13(9)12-8-14-10-4-2-3-5-11(10)15-12/h2-7,12,14H,8H2,1H3. The van der Waals surface area contributed by atoms with Gasteiger partial charge in [-0.05, 0) is 36.1 Å². The summed E-state index contributed by atoms with van der Waals surface area (Å²) >= 11 is 1.77. The summed E-state index contributed by atoms with van der Waals surface area (Å²) in [5.74, 6) is 0.951. The second-order valence-corrected chi connectivity index (χ2v) is 4.90. The van der Waals surface area contributed by atoms with E-state index in [-0.39, 0.29) is 6.10 Å². The minimum atomic E-state index is 0.148. The lowest BCUT2D eigenvalue weighted by molar-refractivity contribution is 0.213. The topological polar surface area (TPSA) is 21.3 Å². The molecule has 3 rings (SSSR count). The summed E-state index contributed by atoms with van der Waals surface area (Å²) in [6, 6.07) is 10.2. The van der Waals surface area contributed by atoms with Gasteiger partial charge in [0.2, 0.25) is 0 Å². The monoisotopic (exact) mass is 231 g/mol. The van der Waals surface area contributed by atoms with Gasteiger partial charge < -0.3 is 10.1 Å². The molecule has 16 heavy (non-hydrogen) atoms. The van der Waals surface area contributed by atoms with E-state index in [0.717, 1.165) is 18.0 Å².